The normalized spacial score (nSPS) is 12.2. The monoisotopic (exact) mass is 446 g/mol. The van der Waals surface area contributed by atoms with Crippen molar-refractivity contribution >= 4 is 11.9 Å². The Bertz CT molecular complexity index is 1150. The van der Waals surface area contributed by atoms with Gasteiger partial charge in [0.1, 0.15) is 17.1 Å². The molecule has 0 saturated heterocycles. The number of amides is 1. The summed E-state index contributed by atoms with van der Waals surface area (Å²) in [5.74, 6) is -0.887. The lowest BCUT2D eigenvalue weighted by atomic mass is 9.86. The standard InChI is InChI=1S/C27H30N2O4/c1-17-8-6-7-9-20(17)22(16-24(30)31)29-26(32)21-14-15-23(33-5)25(28-21)18-10-12-19(13-11-18)27(2,3)4/h6-15,22H,16H2,1-5H3,(H,29,32)(H,30,31). The minimum absolute atomic E-state index is 0.0203. The summed E-state index contributed by atoms with van der Waals surface area (Å²) < 4.78 is 5.48. The minimum atomic E-state index is -0.995. The highest BCUT2D eigenvalue weighted by atomic mass is 16.5. The third-order valence-corrected chi connectivity index (χ3v) is 5.58. The van der Waals surface area contributed by atoms with E-state index in [2.05, 4.69) is 31.1 Å². The number of aromatic nitrogens is 1. The quantitative estimate of drug-likeness (QED) is 0.514. The predicted molar refractivity (Wildman–Crippen MR) is 129 cm³/mol. The topological polar surface area (TPSA) is 88.5 Å². The van der Waals surface area contributed by atoms with Gasteiger partial charge in [0, 0.05) is 5.56 Å². The smallest absolute Gasteiger partial charge is 0.305 e. The van der Waals surface area contributed by atoms with Crippen LogP contribution in [0.3, 0.4) is 0 Å². The van der Waals surface area contributed by atoms with Crippen molar-refractivity contribution < 1.29 is 19.4 Å². The molecule has 1 atom stereocenters. The summed E-state index contributed by atoms with van der Waals surface area (Å²) in [6.07, 6.45) is -0.228. The maximum Gasteiger partial charge on any atom is 0.305 e. The summed E-state index contributed by atoms with van der Waals surface area (Å²) in [5, 5.41) is 12.2. The average Bonchev–Trinajstić information content (AvgIpc) is 2.77. The molecule has 33 heavy (non-hydrogen) atoms. The number of nitrogens with one attached hydrogen (secondary N) is 1. The van der Waals surface area contributed by atoms with Crippen LogP contribution >= 0.6 is 0 Å². The molecule has 1 unspecified atom stereocenters. The van der Waals surface area contributed by atoms with Crippen molar-refractivity contribution in [3.05, 3.63) is 83.0 Å². The van der Waals surface area contributed by atoms with Gasteiger partial charge in [-0.25, -0.2) is 4.98 Å². The molecule has 1 aromatic heterocycles. The van der Waals surface area contributed by atoms with Gasteiger partial charge in [-0.05, 0) is 41.2 Å². The highest BCUT2D eigenvalue weighted by Crippen LogP contribution is 2.31. The summed E-state index contributed by atoms with van der Waals surface area (Å²) in [4.78, 5) is 29.1. The number of aryl methyl sites for hydroxylation is 1. The molecule has 6 nitrogen and oxygen atoms in total. The Kier molecular flexibility index (Phi) is 7.16. The Morgan fingerprint density at radius 1 is 1.03 bits per heavy atom. The van der Waals surface area contributed by atoms with E-state index in [9.17, 15) is 14.7 Å². The first-order valence-corrected chi connectivity index (χ1v) is 10.8. The zero-order valence-corrected chi connectivity index (χ0v) is 19.7. The van der Waals surface area contributed by atoms with E-state index in [1.54, 1.807) is 19.2 Å². The van der Waals surface area contributed by atoms with Crippen molar-refractivity contribution in [2.75, 3.05) is 7.11 Å². The van der Waals surface area contributed by atoms with Gasteiger partial charge in [-0.2, -0.15) is 0 Å². The number of methoxy groups -OCH3 is 1. The first kappa shape index (κ1) is 24.0. The first-order valence-electron chi connectivity index (χ1n) is 10.8. The molecule has 0 aliphatic carbocycles. The molecule has 0 bridgehead atoms. The van der Waals surface area contributed by atoms with Crippen LogP contribution in [0.2, 0.25) is 0 Å². The maximum atomic E-state index is 13.1. The summed E-state index contributed by atoms with van der Waals surface area (Å²) in [6.45, 7) is 8.33. The minimum Gasteiger partial charge on any atom is -0.494 e. The van der Waals surface area contributed by atoms with Crippen LogP contribution < -0.4 is 10.1 Å². The van der Waals surface area contributed by atoms with E-state index in [0.29, 0.717) is 11.4 Å². The number of hydrogen-bond donors (Lipinski definition) is 2. The van der Waals surface area contributed by atoms with Crippen molar-refractivity contribution in [1.82, 2.24) is 10.3 Å². The number of carboxylic acids is 1. The molecule has 0 aliphatic rings. The Morgan fingerprint density at radius 3 is 2.27 bits per heavy atom. The third-order valence-electron chi connectivity index (χ3n) is 5.58. The number of ether oxygens (including phenoxy) is 1. The number of carbonyl (C=O) groups is 2. The molecular weight excluding hydrogens is 416 g/mol. The molecule has 3 rings (SSSR count). The van der Waals surface area contributed by atoms with Gasteiger partial charge in [0.2, 0.25) is 0 Å². The molecule has 6 heteroatoms. The predicted octanol–water partition coefficient (Wildman–Crippen LogP) is 5.31. The fraction of sp³-hybridized carbons (Fsp3) is 0.296. The van der Waals surface area contributed by atoms with E-state index in [-0.39, 0.29) is 17.5 Å². The van der Waals surface area contributed by atoms with Crippen LogP contribution in [0.5, 0.6) is 5.75 Å². The van der Waals surface area contributed by atoms with E-state index in [1.165, 1.54) is 5.56 Å². The van der Waals surface area contributed by atoms with E-state index in [0.717, 1.165) is 16.7 Å². The van der Waals surface area contributed by atoms with Gasteiger partial charge in [-0.3, -0.25) is 9.59 Å². The number of rotatable bonds is 7. The highest BCUT2D eigenvalue weighted by molar-refractivity contribution is 5.93. The first-order chi connectivity index (χ1) is 15.6. The van der Waals surface area contributed by atoms with Gasteiger partial charge in [-0.1, -0.05) is 69.3 Å². The zero-order valence-electron chi connectivity index (χ0n) is 19.7. The highest BCUT2D eigenvalue weighted by Gasteiger charge is 2.22. The Balaban J connectivity index is 1.93. The van der Waals surface area contributed by atoms with Gasteiger partial charge in [0.25, 0.3) is 5.91 Å². The van der Waals surface area contributed by atoms with Crippen LogP contribution in [-0.4, -0.2) is 29.1 Å². The van der Waals surface area contributed by atoms with E-state index >= 15 is 0 Å². The van der Waals surface area contributed by atoms with Crippen molar-refractivity contribution in [2.45, 2.75) is 45.6 Å². The number of carbonyl (C=O) groups excluding carboxylic acids is 1. The molecule has 3 aromatic rings. The van der Waals surface area contributed by atoms with Crippen LogP contribution in [0.25, 0.3) is 11.3 Å². The van der Waals surface area contributed by atoms with Gasteiger partial charge < -0.3 is 15.2 Å². The lowest BCUT2D eigenvalue weighted by Crippen LogP contribution is -2.31. The molecule has 172 valence electrons. The zero-order chi connectivity index (χ0) is 24.2. The van der Waals surface area contributed by atoms with Crippen molar-refractivity contribution in [3.8, 4) is 17.0 Å². The van der Waals surface area contributed by atoms with Crippen LogP contribution in [0.4, 0.5) is 0 Å². The fourth-order valence-corrected chi connectivity index (χ4v) is 3.70. The third kappa shape index (κ3) is 5.77. The number of pyridine rings is 1. The molecule has 1 amide bonds. The Hall–Kier alpha value is -3.67. The van der Waals surface area contributed by atoms with E-state index in [1.807, 2.05) is 55.5 Å². The SMILES string of the molecule is COc1ccc(C(=O)NC(CC(=O)O)c2ccccc2C)nc1-c1ccc(C(C)(C)C)cc1. The Morgan fingerprint density at radius 2 is 1.70 bits per heavy atom. The molecule has 0 radical (unpaired) electrons. The summed E-state index contributed by atoms with van der Waals surface area (Å²) in [6, 6.07) is 18.1. The molecule has 0 saturated carbocycles. The molecule has 1 heterocycles. The maximum absolute atomic E-state index is 13.1. The average molecular weight is 447 g/mol. The number of benzene rings is 2. The lowest BCUT2D eigenvalue weighted by molar-refractivity contribution is -0.137. The second kappa shape index (κ2) is 9.86. The fourth-order valence-electron chi connectivity index (χ4n) is 3.70. The molecule has 2 aromatic carbocycles. The number of aliphatic carboxylic acids is 1. The van der Waals surface area contributed by atoms with E-state index < -0.39 is 17.9 Å². The van der Waals surface area contributed by atoms with Crippen LogP contribution in [0.15, 0.2) is 60.7 Å². The molecule has 0 spiro atoms. The summed E-state index contributed by atoms with van der Waals surface area (Å²) in [5.41, 5.74) is 4.45. The van der Waals surface area contributed by atoms with Crippen LogP contribution in [-0.2, 0) is 10.2 Å². The second-order valence-corrected chi connectivity index (χ2v) is 9.06. The largest absolute Gasteiger partial charge is 0.494 e. The molecule has 0 fully saturated rings. The van der Waals surface area contributed by atoms with E-state index in [4.69, 9.17) is 4.74 Å². The van der Waals surface area contributed by atoms with Crippen LogP contribution in [0, 0.1) is 6.92 Å². The number of nitrogens with zero attached hydrogens (tertiary/aromatic N) is 1. The van der Waals surface area contributed by atoms with Gasteiger partial charge >= 0.3 is 5.97 Å². The lowest BCUT2D eigenvalue weighted by Gasteiger charge is -2.20. The van der Waals surface area contributed by atoms with Crippen LogP contribution in [0.1, 0.15) is 60.4 Å². The van der Waals surface area contributed by atoms with Gasteiger partial charge in [0.05, 0.1) is 19.6 Å². The molecular formula is C27H30N2O4. The van der Waals surface area contributed by atoms with Crippen molar-refractivity contribution in [1.29, 1.82) is 0 Å². The molecule has 0 aliphatic heterocycles. The molecule has 2 N–H and O–H groups in total. The number of hydrogen-bond acceptors (Lipinski definition) is 4. The van der Waals surface area contributed by atoms with Gasteiger partial charge in [0.15, 0.2) is 0 Å². The van der Waals surface area contributed by atoms with Gasteiger partial charge in [-0.15, -0.1) is 0 Å². The second-order valence-electron chi connectivity index (χ2n) is 9.06. The van der Waals surface area contributed by atoms with Crippen molar-refractivity contribution in [2.24, 2.45) is 0 Å². The Labute approximate surface area is 194 Å². The van der Waals surface area contributed by atoms with Crippen molar-refractivity contribution in [3.63, 3.8) is 0 Å². The summed E-state index contributed by atoms with van der Waals surface area (Å²) >= 11 is 0. The summed E-state index contributed by atoms with van der Waals surface area (Å²) in [7, 11) is 1.56. The number of carboxylic acid groups (broad SMARTS) is 1.